The van der Waals surface area contributed by atoms with E-state index in [1.807, 2.05) is 45.9 Å². The molecule has 28 heavy (non-hydrogen) atoms. The molecule has 1 aliphatic heterocycles. The molecule has 1 N–H and O–H groups in total. The summed E-state index contributed by atoms with van der Waals surface area (Å²) in [5, 5.41) is 7.66. The minimum absolute atomic E-state index is 0.0787. The maximum Gasteiger partial charge on any atom is 0.256 e. The largest absolute Gasteiger partial charge is 0.350 e. The van der Waals surface area contributed by atoms with Gasteiger partial charge in [0.25, 0.3) is 5.91 Å². The molecule has 3 heterocycles. The first kappa shape index (κ1) is 18.5. The molecular formula is C22H27N5O. The lowest BCUT2D eigenvalue weighted by atomic mass is 10.2. The highest BCUT2D eigenvalue weighted by Crippen LogP contribution is 2.21. The number of rotatable bonds is 6. The van der Waals surface area contributed by atoms with E-state index in [1.54, 1.807) is 6.20 Å². The number of hydrogen-bond acceptors (Lipinski definition) is 3. The lowest BCUT2D eigenvalue weighted by Crippen LogP contribution is -2.40. The quantitative estimate of drug-likeness (QED) is 0.718. The monoisotopic (exact) mass is 377 g/mol. The normalized spacial score (nSPS) is 17.1. The van der Waals surface area contributed by atoms with Crippen LogP contribution in [0.1, 0.15) is 35.7 Å². The minimum atomic E-state index is -0.0787. The van der Waals surface area contributed by atoms with E-state index in [0.717, 1.165) is 31.0 Å². The van der Waals surface area contributed by atoms with Crippen LogP contribution in [-0.2, 0) is 0 Å². The Kier molecular flexibility index (Phi) is 5.30. The fourth-order valence-electron chi connectivity index (χ4n) is 3.95. The van der Waals surface area contributed by atoms with Crippen molar-refractivity contribution < 1.29 is 4.79 Å². The van der Waals surface area contributed by atoms with Gasteiger partial charge in [0.2, 0.25) is 0 Å². The fraction of sp³-hybridized carbons (Fsp3) is 0.364. The summed E-state index contributed by atoms with van der Waals surface area (Å²) in [4.78, 5) is 15.4. The summed E-state index contributed by atoms with van der Waals surface area (Å²) in [6, 6.07) is 12.5. The topological polar surface area (TPSA) is 55.1 Å². The van der Waals surface area contributed by atoms with Crippen LogP contribution in [0.4, 0.5) is 0 Å². The average Bonchev–Trinajstić information content (AvgIpc) is 3.46. The molecule has 6 nitrogen and oxygen atoms in total. The SMILES string of the molecule is CCN1CCC[C@@H]1CNC(=O)c1cnn(-c2ccc(C)cc2)c1-n1cccc1. The summed E-state index contributed by atoms with van der Waals surface area (Å²) in [6.45, 7) is 7.06. The maximum absolute atomic E-state index is 13.0. The molecule has 146 valence electrons. The van der Waals surface area contributed by atoms with Crippen molar-refractivity contribution in [3.05, 3.63) is 66.1 Å². The number of benzene rings is 1. The zero-order valence-electron chi connectivity index (χ0n) is 16.5. The number of likely N-dealkylation sites (tertiary alicyclic amines) is 1. The molecule has 1 saturated heterocycles. The summed E-state index contributed by atoms with van der Waals surface area (Å²) in [5.41, 5.74) is 2.70. The summed E-state index contributed by atoms with van der Waals surface area (Å²) in [5.74, 6) is 0.676. The Balaban J connectivity index is 1.61. The smallest absolute Gasteiger partial charge is 0.256 e. The van der Waals surface area contributed by atoms with Gasteiger partial charge in [-0.2, -0.15) is 5.10 Å². The van der Waals surface area contributed by atoms with Crippen LogP contribution in [0.2, 0.25) is 0 Å². The van der Waals surface area contributed by atoms with Gasteiger partial charge in [-0.25, -0.2) is 4.68 Å². The lowest BCUT2D eigenvalue weighted by Gasteiger charge is -2.22. The van der Waals surface area contributed by atoms with Crippen molar-refractivity contribution in [1.29, 1.82) is 0 Å². The number of carbonyl (C=O) groups is 1. The van der Waals surface area contributed by atoms with Gasteiger partial charge in [0.05, 0.1) is 11.9 Å². The molecule has 1 aromatic carbocycles. The van der Waals surface area contributed by atoms with Crippen LogP contribution < -0.4 is 5.32 Å². The van der Waals surface area contributed by atoms with Crippen LogP contribution in [0.25, 0.3) is 11.5 Å². The van der Waals surface area contributed by atoms with E-state index < -0.39 is 0 Å². The highest BCUT2D eigenvalue weighted by atomic mass is 16.1. The Morgan fingerprint density at radius 1 is 1.21 bits per heavy atom. The Labute approximate surface area is 165 Å². The predicted molar refractivity (Wildman–Crippen MR) is 110 cm³/mol. The molecule has 3 aromatic rings. The molecule has 1 atom stereocenters. The summed E-state index contributed by atoms with van der Waals surface area (Å²) < 4.78 is 3.76. The minimum Gasteiger partial charge on any atom is -0.350 e. The van der Waals surface area contributed by atoms with Gasteiger partial charge in [-0.3, -0.25) is 9.69 Å². The standard InChI is InChI=1S/C22H27N5O/c1-3-25-14-6-7-19(25)15-23-21(28)20-16-24-27(18-10-8-17(2)9-11-18)22(20)26-12-4-5-13-26/h4-5,8-13,16,19H,3,6-7,14-15H2,1-2H3,(H,23,28)/t19-/m1/s1. The Hall–Kier alpha value is -2.86. The van der Waals surface area contributed by atoms with Gasteiger partial charge in [0.1, 0.15) is 5.56 Å². The van der Waals surface area contributed by atoms with Crippen molar-refractivity contribution in [3.8, 4) is 11.5 Å². The number of hydrogen-bond donors (Lipinski definition) is 1. The summed E-state index contributed by atoms with van der Waals surface area (Å²) in [6.07, 6.45) is 7.88. The molecular weight excluding hydrogens is 350 g/mol. The van der Waals surface area contributed by atoms with Gasteiger partial charge in [0.15, 0.2) is 5.82 Å². The second-order valence-corrected chi connectivity index (χ2v) is 7.35. The highest BCUT2D eigenvalue weighted by molar-refractivity contribution is 5.97. The van der Waals surface area contributed by atoms with E-state index in [2.05, 4.69) is 41.3 Å². The van der Waals surface area contributed by atoms with Crippen LogP contribution in [0, 0.1) is 6.92 Å². The van der Waals surface area contributed by atoms with Crippen molar-refractivity contribution in [2.75, 3.05) is 19.6 Å². The van der Waals surface area contributed by atoms with Crippen molar-refractivity contribution in [2.24, 2.45) is 0 Å². The van der Waals surface area contributed by atoms with E-state index in [4.69, 9.17) is 0 Å². The summed E-state index contributed by atoms with van der Waals surface area (Å²) >= 11 is 0. The molecule has 6 heteroatoms. The number of carbonyl (C=O) groups excluding carboxylic acids is 1. The molecule has 2 aromatic heterocycles. The van der Waals surface area contributed by atoms with E-state index in [1.165, 1.54) is 12.0 Å². The van der Waals surface area contributed by atoms with Crippen molar-refractivity contribution in [3.63, 3.8) is 0 Å². The first-order valence-electron chi connectivity index (χ1n) is 9.98. The molecule has 1 amide bonds. The van der Waals surface area contributed by atoms with E-state index >= 15 is 0 Å². The van der Waals surface area contributed by atoms with E-state index in [0.29, 0.717) is 18.2 Å². The van der Waals surface area contributed by atoms with Crippen molar-refractivity contribution >= 4 is 5.91 Å². The van der Waals surface area contributed by atoms with Crippen LogP contribution in [0.15, 0.2) is 55.0 Å². The van der Waals surface area contributed by atoms with Crippen molar-refractivity contribution in [2.45, 2.75) is 32.7 Å². The predicted octanol–water partition coefficient (Wildman–Crippen LogP) is 3.19. The Morgan fingerprint density at radius 2 is 1.96 bits per heavy atom. The fourth-order valence-corrected chi connectivity index (χ4v) is 3.95. The molecule has 0 bridgehead atoms. The van der Waals surface area contributed by atoms with Crippen LogP contribution >= 0.6 is 0 Å². The number of aromatic nitrogens is 3. The highest BCUT2D eigenvalue weighted by Gasteiger charge is 2.25. The molecule has 0 unspecified atom stereocenters. The molecule has 0 spiro atoms. The van der Waals surface area contributed by atoms with E-state index in [-0.39, 0.29) is 5.91 Å². The first-order valence-corrected chi connectivity index (χ1v) is 9.98. The Morgan fingerprint density at radius 3 is 2.68 bits per heavy atom. The molecule has 0 aliphatic carbocycles. The van der Waals surface area contributed by atoms with Gasteiger partial charge in [0, 0.05) is 25.0 Å². The van der Waals surface area contributed by atoms with E-state index in [9.17, 15) is 4.79 Å². The van der Waals surface area contributed by atoms with Crippen LogP contribution in [-0.4, -0.2) is 50.8 Å². The third kappa shape index (κ3) is 3.60. The number of likely N-dealkylation sites (N-methyl/N-ethyl adjacent to an activating group) is 1. The molecule has 4 rings (SSSR count). The van der Waals surface area contributed by atoms with Gasteiger partial charge < -0.3 is 9.88 Å². The summed E-state index contributed by atoms with van der Waals surface area (Å²) in [7, 11) is 0. The molecule has 0 radical (unpaired) electrons. The third-order valence-electron chi connectivity index (χ3n) is 5.52. The van der Waals surface area contributed by atoms with Crippen molar-refractivity contribution in [1.82, 2.24) is 24.6 Å². The van der Waals surface area contributed by atoms with Gasteiger partial charge in [-0.1, -0.05) is 24.6 Å². The number of amides is 1. The lowest BCUT2D eigenvalue weighted by molar-refractivity contribution is 0.0941. The van der Waals surface area contributed by atoms with Gasteiger partial charge >= 0.3 is 0 Å². The zero-order valence-corrected chi connectivity index (χ0v) is 16.5. The first-order chi connectivity index (χ1) is 13.7. The van der Waals surface area contributed by atoms with Crippen LogP contribution in [0.5, 0.6) is 0 Å². The second-order valence-electron chi connectivity index (χ2n) is 7.35. The molecule has 1 aliphatic rings. The Bertz CT molecular complexity index is 927. The number of nitrogens with one attached hydrogen (secondary N) is 1. The third-order valence-corrected chi connectivity index (χ3v) is 5.52. The number of nitrogens with zero attached hydrogens (tertiary/aromatic N) is 4. The zero-order chi connectivity index (χ0) is 19.5. The average molecular weight is 377 g/mol. The molecule has 0 saturated carbocycles. The van der Waals surface area contributed by atoms with Gasteiger partial charge in [-0.15, -0.1) is 0 Å². The second kappa shape index (κ2) is 8.02. The number of aryl methyl sites for hydroxylation is 1. The van der Waals surface area contributed by atoms with Gasteiger partial charge in [-0.05, 0) is 57.1 Å². The maximum atomic E-state index is 13.0. The van der Waals surface area contributed by atoms with Crippen LogP contribution in [0.3, 0.4) is 0 Å². The molecule has 1 fully saturated rings.